The predicted octanol–water partition coefficient (Wildman–Crippen LogP) is 5.68. The average Bonchev–Trinajstić information content (AvgIpc) is 3.04. The lowest BCUT2D eigenvalue weighted by Crippen LogP contribution is -2.33. The van der Waals surface area contributed by atoms with Gasteiger partial charge in [0.15, 0.2) is 5.82 Å². The van der Waals surface area contributed by atoms with Crippen molar-refractivity contribution in [3.8, 4) is 22.8 Å². The van der Waals surface area contributed by atoms with Crippen LogP contribution < -0.4 is 4.31 Å². The van der Waals surface area contributed by atoms with Gasteiger partial charge in [-0.3, -0.25) is 0 Å². The molecule has 1 aliphatic rings. The number of rotatable bonds is 3. The highest BCUT2D eigenvalue weighted by Gasteiger charge is 2.35. The van der Waals surface area contributed by atoms with Crippen LogP contribution in [0.15, 0.2) is 59.6 Å². The van der Waals surface area contributed by atoms with Crippen LogP contribution >= 0.6 is 11.6 Å². The van der Waals surface area contributed by atoms with E-state index in [2.05, 4.69) is 10.1 Å². The molecule has 0 atom stereocenters. The number of pyridine rings is 1. The fourth-order valence-electron chi connectivity index (χ4n) is 4.38. The zero-order valence-electron chi connectivity index (χ0n) is 19.6. The van der Waals surface area contributed by atoms with Crippen LogP contribution in [-0.2, 0) is 22.6 Å². The standard InChI is InChI=1S/C25H20ClF3N4O3S/c1-14-5-7-17(8-6-14)37(35,36)32-11-9-19-21(18-4-3-10-30-23(18)32)31-33(24(19)34)22-15(2)12-16(13-20(22)26)25(27,28)29/h3-8,10,12-13,34H,9,11H2,1-2H3. The Morgan fingerprint density at radius 3 is 2.43 bits per heavy atom. The number of aromatic hydroxyl groups is 1. The number of benzene rings is 2. The van der Waals surface area contributed by atoms with Crippen LogP contribution in [0.3, 0.4) is 0 Å². The highest BCUT2D eigenvalue weighted by atomic mass is 35.5. The van der Waals surface area contributed by atoms with Crippen molar-refractivity contribution in [1.82, 2.24) is 14.8 Å². The first-order chi connectivity index (χ1) is 17.4. The molecule has 0 bridgehead atoms. The minimum absolute atomic E-state index is 0.0494. The largest absolute Gasteiger partial charge is 0.493 e. The van der Waals surface area contributed by atoms with Crippen LogP contribution in [0.1, 0.15) is 22.3 Å². The third-order valence-electron chi connectivity index (χ3n) is 6.20. The molecule has 5 rings (SSSR count). The van der Waals surface area contributed by atoms with E-state index >= 15 is 0 Å². The molecule has 0 radical (unpaired) electrons. The molecule has 3 heterocycles. The van der Waals surface area contributed by atoms with E-state index in [4.69, 9.17) is 11.6 Å². The molecule has 0 fully saturated rings. The maximum absolute atomic E-state index is 13.6. The Labute approximate surface area is 215 Å². The van der Waals surface area contributed by atoms with Crippen LogP contribution in [0.2, 0.25) is 5.02 Å². The van der Waals surface area contributed by atoms with Crippen molar-refractivity contribution in [1.29, 1.82) is 0 Å². The van der Waals surface area contributed by atoms with E-state index in [1.165, 1.54) is 29.6 Å². The van der Waals surface area contributed by atoms with Crippen LogP contribution in [0, 0.1) is 13.8 Å². The molecule has 12 heteroatoms. The van der Waals surface area contributed by atoms with Crippen LogP contribution in [-0.4, -0.2) is 34.8 Å². The molecule has 0 saturated heterocycles. The summed E-state index contributed by atoms with van der Waals surface area (Å²) in [5.41, 5.74) is 1.17. The van der Waals surface area contributed by atoms with E-state index in [1.54, 1.807) is 24.3 Å². The molecule has 7 nitrogen and oxygen atoms in total. The Morgan fingerprint density at radius 2 is 1.78 bits per heavy atom. The molecule has 0 amide bonds. The Kier molecular flexibility index (Phi) is 5.95. The molecule has 0 aliphatic carbocycles. The van der Waals surface area contributed by atoms with Gasteiger partial charge >= 0.3 is 6.18 Å². The molecule has 0 unspecified atom stereocenters. The maximum Gasteiger partial charge on any atom is 0.416 e. The topological polar surface area (TPSA) is 88.3 Å². The maximum atomic E-state index is 13.6. The summed E-state index contributed by atoms with van der Waals surface area (Å²) in [4.78, 5) is 4.41. The van der Waals surface area contributed by atoms with E-state index in [1.807, 2.05) is 6.92 Å². The summed E-state index contributed by atoms with van der Waals surface area (Å²) in [6.45, 7) is 3.24. The number of anilines is 1. The summed E-state index contributed by atoms with van der Waals surface area (Å²) in [6, 6.07) is 11.4. The number of nitrogens with zero attached hydrogens (tertiary/aromatic N) is 4. The fourth-order valence-corrected chi connectivity index (χ4v) is 6.17. The second kappa shape index (κ2) is 8.77. The Morgan fingerprint density at radius 1 is 1.08 bits per heavy atom. The molecule has 192 valence electrons. The van der Waals surface area contributed by atoms with Crippen molar-refractivity contribution < 1.29 is 26.7 Å². The number of halogens is 4. The van der Waals surface area contributed by atoms with Gasteiger partial charge < -0.3 is 5.11 Å². The normalized spacial score (nSPS) is 13.7. The number of sulfonamides is 1. The second-order valence-corrected chi connectivity index (χ2v) is 11.0. The number of fused-ring (bicyclic) bond motifs is 3. The van der Waals surface area contributed by atoms with Gasteiger partial charge in [0.2, 0.25) is 5.88 Å². The number of alkyl halides is 3. The average molecular weight is 549 g/mol. The molecule has 0 spiro atoms. The van der Waals surface area contributed by atoms with Crippen LogP contribution in [0.4, 0.5) is 19.0 Å². The van der Waals surface area contributed by atoms with Crippen LogP contribution in [0.5, 0.6) is 5.88 Å². The van der Waals surface area contributed by atoms with Gasteiger partial charge in [-0.25, -0.2) is 17.7 Å². The monoisotopic (exact) mass is 548 g/mol. The molecule has 2 aromatic heterocycles. The first-order valence-electron chi connectivity index (χ1n) is 11.1. The Balaban J connectivity index is 1.65. The quantitative estimate of drug-likeness (QED) is 0.356. The fraction of sp³-hybridized carbons (Fsp3) is 0.200. The van der Waals surface area contributed by atoms with Gasteiger partial charge in [0.25, 0.3) is 10.0 Å². The molecule has 37 heavy (non-hydrogen) atoms. The van der Waals surface area contributed by atoms with Crippen molar-refractivity contribution in [2.24, 2.45) is 0 Å². The van der Waals surface area contributed by atoms with Crippen molar-refractivity contribution in [2.45, 2.75) is 31.3 Å². The van der Waals surface area contributed by atoms with Gasteiger partial charge in [-0.05, 0) is 62.2 Å². The van der Waals surface area contributed by atoms with E-state index in [-0.39, 0.29) is 51.5 Å². The number of aryl methyl sites for hydroxylation is 2. The lowest BCUT2D eigenvalue weighted by molar-refractivity contribution is -0.137. The van der Waals surface area contributed by atoms with Gasteiger partial charge in [0.05, 0.1) is 21.2 Å². The van der Waals surface area contributed by atoms with Crippen molar-refractivity contribution in [3.05, 3.63) is 82.0 Å². The summed E-state index contributed by atoms with van der Waals surface area (Å²) >= 11 is 6.23. The highest BCUT2D eigenvalue weighted by molar-refractivity contribution is 7.92. The minimum Gasteiger partial charge on any atom is -0.493 e. The zero-order chi connectivity index (χ0) is 26.7. The van der Waals surface area contributed by atoms with Gasteiger partial charge in [0.1, 0.15) is 5.69 Å². The molecule has 2 aromatic carbocycles. The smallest absolute Gasteiger partial charge is 0.416 e. The first kappa shape index (κ1) is 25.1. The summed E-state index contributed by atoms with van der Waals surface area (Å²) in [5.74, 6) is -0.217. The van der Waals surface area contributed by atoms with Crippen molar-refractivity contribution >= 4 is 27.4 Å². The number of aromatic nitrogens is 3. The Hall–Kier alpha value is -3.57. The van der Waals surface area contributed by atoms with E-state index in [9.17, 15) is 26.7 Å². The molecule has 1 N–H and O–H groups in total. The minimum atomic E-state index is -4.59. The SMILES string of the molecule is Cc1ccc(S(=O)(=O)N2CCc3c(nn(-c4c(C)cc(C(F)(F)F)cc4Cl)c3O)-c3cccnc32)cc1. The predicted molar refractivity (Wildman–Crippen MR) is 133 cm³/mol. The highest BCUT2D eigenvalue weighted by Crippen LogP contribution is 2.43. The lowest BCUT2D eigenvalue weighted by Gasteiger charge is -2.23. The van der Waals surface area contributed by atoms with E-state index in [0.29, 0.717) is 11.1 Å². The second-order valence-electron chi connectivity index (χ2n) is 8.70. The van der Waals surface area contributed by atoms with Gasteiger partial charge in [-0.2, -0.15) is 23.0 Å². The molecular formula is C25H20ClF3N4O3S. The zero-order valence-corrected chi connectivity index (χ0v) is 21.2. The van der Waals surface area contributed by atoms with E-state index in [0.717, 1.165) is 22.4 Å². The molecule has 4 aromatic rings. The van der Waals surface area contributed by atoms with E-state index < -0.39 is 21.8 Å². The summed E-state index contributed by atoms with van der Waals surface area (Å²) in [6.07, 6.45) is -3.07. The van der Waals surface area contributed by atoms with Gasteiger partial charge in [0, 0.05) is 23.9 Å². The molecule has 0 saturated carbocycles. The van der Waals surface area contributed by atoms with Crippen LogP contribution in [0.25, 0.3) is 16.9 Å². The summed E-state index contributed by atoms with van der Waals surface area (Å²) in [5, 5.41) is 15.4. The first-order valence-corrected chi connectivity index (χ1v) is 12.9. The molecule has 1 aliphatic heterocycles. The number of hydrogen-bond donors (Lipinski definition) is 1. The van der Waals surface area contributed by atoms with Gasteiger partial charge in [-0.15, -0.1) is 0 Å². The Bertz CT molecular complexity index is 1610. The lowest BCUT2D eigenvalue weighted by atomic mass is 10.1. The van der Waals surface area contributed by atoms with Gasteiger partial charge in [-0.1, -0.05) is 29.3 Å². The third kappa shape index (κ3) is 4.21. The summed E-state index contributed by atoms with van der Waals surface area (Å²) in [7, 11) is -3.99. The third-order valence-corrected chi connectivity index (χ3v) is 8.29. The van der Waals surface area contributed by atoms with Crippen molar-refractivity contribution in [2.75, 3.05) is 10.8 Å². The summed E-state index contributed by atoms with van der Waals surface area (Å²) < 4.78 is 69.1. The number of hydrogen-bond acceptors (Lipinski definition) is 5. The molecular weight excluding hydrogens is 529 g/mol. The van der Waals surface area contributed by atoms with Crippen molar-refractivity contribution in [3.63, 3.8) is 0 Å².